The summed E-state index contributed by atoms with van der Waals surface area (Å²) < 4.78 is 6.69. The molecule has 0 atom stereocenters. The molecule has 6 nitrogen and oxygen atoms in total. The molecule has 0 aliphatic carbocycles. The van der Waals surface area contributed by atoms with Gasteiger partial charge in [-0.3, -0.25) is 4.79 Å². The van der Waals surface area contributed by atoms with Gasteiger partial charge in [-0.05, 0) is 29.8 Å². The van der Waals surface area contributed by atoms with Crippen molar-refractivity contribution in [1.29, 1.82) is 0 Å². The van der Waals surface area contributed by atoms with Crippen LogP contribution in [-0.2, 0) is 13.1 Å². The first-order valence-corrected chi connectivity index (χ1v) is 6.68. The van der Waals surface area contributed by atoms with Crippen LogP contribution in [0.1, 0.15) is 17.0 Å². The lowest BCUT2D eigenvalue weighted by Crippen LogP contribution is -2.24. The summed E-state index contributed by atoms with van der Waals surface area (Å²) in [5.41, 5.74) is 2.11. The Morgan fingerprint density at radius 2 is 2.30 bits per heavy atom. The van der Waals surface area contributed by atoms with Crippen LogP contribution in [0.15, 0.2) is 20.0 Å². The van der Waals surface area contributed by atoms with Crippen LogP contribution in [0.5, 0.6) is 0 Å². The van der Waals surface area contributed by atoms with Crippen molar-refractivity contribution in [2.75, 3.05) is 5.32 Å². The van der Waals surface area contributed by atoms with Gasteiger partial charge in [-0.1, -0.05) is 11.1 Å². The summed E-state index contributed by atoms with van der Waals surface area (Å²) in [6.07, 6.45) is 6.73. The van der Waals surface area contributed by atoms with Crippen molar-refractivity contribution in [1.82, 2.24) is 14.9 Å². The fourth-order valence-corrected chi connectivity index (χ4v) is 2.17. The highest BCUT2D eigenvalue weighted by molar-refractivity contribution is 9.10. The molecule has 0 aliphatic heterocycles. The number of anilines is 1. The fraction of sp³-hybridized carbons (Fsp3) is 0.308. The van der Waals surface area contributed by atoms with Crippen molar-refractivity contribution in [2.24, 2.45) is 0 Å². The largest absolute Gasteiger partial charge is 0.378 e. The molecule has 0 aliphatic rings. The van der Waals surface area contributed by atoms with Crippen LogP contribution in [0.3, 0.4) is 0 Å². The topological polar surface area (TPSA) is 73.0 Å². The molecular formula is C13H13BrN4O2. The van der Waals surface area contributed by atoms with Crippen molar-refractivity contribution in [3.63, 3.8) is 0 Å². The second-order valence-corrected chi connectivity index (χ2v) is 4.99. The number of nitrogens with zero attached hydrogens (tertiary/aromatic N) is 3. The maximum Gasteiger partial charge on any atom is 0.284 e. The van der Waals surface area contributed by atoms with Crippen LogP contribution in [0, 0.1) is 26.2 Å². The predicted octanol–water partition coefficient (Wildman–Crippen LogP) is 1.86. The van der Waals surface area contributed by atoms with Gasteiger partial charge in [0, 0.05) is 12.1 Å². The molecule has 0 bridgehead atoms. The molecule has 7 heteroatoms. The number of nitrogens with one attached hydrogen (secondary N) is 1. The average Bonchev–Trinajstić information content (AvgIpc) is 2.74. The third-order valence-corrected chi connectivity index (χ3v) is 3.63. The standard InChI is InChI=1S/C13H13BrN4O2/c1-4-5-18-13(19)12(14)11(7-16-18)15-6-10-8(2)17-20-9(10)3/h1,7,15H,5-6H2,2-3H3. The molecule has 0 spiro atoms. The van der Waals surface area contributed by atoms with Crippen LogP contribution in [0.2, 0.25) is 0 Å². The first-order valence-electron chi connectivity index (χ1n) is 5.89. The van der Waals surface area contributed by atoms with Crippen LogP contribution < -0.4 is 10.9 Å². The lowest BCUT2D eigenvalue weighted by molar-refractivity contribution is 0.392. The first-order chi connectivity index (χ1) is 9.54. The van der Waals surface area contributed by atoms with E-state index in [0.29, 0.717) is 16.7 Å². The minimum Gasteiger partial charge on any atom is -0.378 e. The Kier molecular flexibility index (Phi) is 4.25. The Morgan fingerprint density at radius 1 is 1.55 bits per heavy atom. The van der Waals surface area contributed by atoms with Crippen molar-refractivity contribution in [3.05, 3.63) is 38.0 Å². The van der Waals surface area contributed by atoms with Crippen LogP contribution in [0.25, 0.3) is 0 Å². The van der Waals surface area contributed by atoms with Crippen molar-refractivity contribution < 1.29 is 4.52 Å². The monoisotopic (exact) mass is 336 g/mol. The molecule has 2 aromatic rings. The van der Waals surface area contributed by atoms with E-state index in [2.05, 4.69) is 37.4 Å². The van der Waals surface area contributed by atoms with E-state index in [1.54, 1.807) is 6.20 Å². The number of aryl methyl sites for hydroxylation is 2. The number of hydrogen-bond donors (Lipinski definition) is 1. The SMILES string of the molecule is C#CCn1ncc(NCc2c(C)noc2C)c(Br)c1=O. The van der Waals surface area contributed by atoms with E-state index in [1.165, 1.54) is 4.68 Å². The van der Waals surface area contributed by atoms with Gasteiger partial charge in [0.2, 0.25) is 0 Å². The summed E-state index contributed by atoms with van der Waals surface area (Å²) in [7, 11) is 0. The molecule has 0 amide bonds. The zero-order chi connectivity index (χ0) is 14.7. The van der Waals surface area contributed by atoms with Gasteiger partial charge in [0.25, 0.3) is 5.56 Å². The highest BCUT2D eigenvalue weighted by Gasteiger charge is 2.11. The molecule has 1 N–H and O–H groups in total. The number of rotatable bonds is 4. The van der Waals surface area contributed by atoms with Gasteiger partial charge >= 0.3 is 0 Å². The summed E-state index contributed by atoms with van der Waals surface area (Å²) in [6.45, 7) is 4.35. The van der Waals surface area contributed by atoms with E-state index in [0.717, 1.165) is 17.0 Å². The third-order valence-electron chi connectivity index (χ3n) is 2.86. The van der Waals surface area contributed by atoms with Gasteiger partial charge in [0.15, 0.2) is 0 Å². The van der Waals surface area contributed by atoms with E-state index in [-0.39, 0.29) is 12.1 Å². The number of hydrogen-bond acceptors (Lipinski definition) is 5. The lowest BCUT2D eigenvalue weighted by Gasteiger charge is -2.09. The molecular weight excluding hydrogens is 324 g/mol. The first kappa shape index (κ1) is 14.3. The fourth-order valence-electron chi connectivity index (χ4n) is 1.73. The molecule has 2 aromatic heterocycles. The maximum absolute atomic E-state index is 12.0. The molecule has 0 aromatic carbocycles. The van der Waals surface area contributed by atoms with Crippen LogP contribution in [-0.4, -0.2) is 14.9 Å². The zero-order valence-electron chi connectivity index (χ0n) is 11.1. The summed E-state index contributed by atoms with van der Waals surface area (Å²) in [5.74, 6) is 3.13. The molecule has 104 valence electrons. The number of aromatic nitrogens is 3. The molecule has 2 heterocycles. The predicted molar refractivity (Wildman–Crippen MR) is 78.3 cm³/mol. The molecule has 0 fully saturated rings. The smallest absolute Gasteiger partial charge is 0.284 e. The molecule has 0 saturated carbocycles. The Balaban J connectivity index is 2.21. The van der Waals surface area contributed by atoms with Gasteiger partial charge in [0.1, 0.15) is 16.8 Å². The van der Waals surface area contributed by atoms with Crippen molar-refractivity contribution >= 4 is 21.6 Å². The molecule has 0 saturated heterocycles. The van der Waals surface area contributed by atoms with Crippen molar-refractivity contribution in [2.45, 2.75) is 26.9 Å². The summed E-state index contributed by atoms with van der Waals surface area (Å²) in [5, 5.41) is 11.0. The quantitative estimate of drug-likeness (QED) is 0.862. The average molecular weight is 337 g/mol. The van der Waals surface area contributed by atoms with Gasteiger partial charge in [0.05, 0.1) is 17.6 Å². The van der Waals surface area contributed by atoms with E-state index < -0.39 is 0 Å². The molecule has 0 radical (unpaired) electrons. The van der Waals surface area contributed by atoms with E-state index in [4.69, 9.17) is 10.9 Å². The van der Waals surface area contributed by atoms with Gasteiger partial charge in [-0.25, -0.2) is 4.68 Å². The minimum absolute atomic E-state index is 0.140. The van der Waals surface area contributed by atoms with Gasteiger partial charge in [-0.2, -0.15) is 5.10 Å². The second kappa shape index (κ2) is 5.92. The summed E-state index contributed by atoms with van der Waals surface area (Å²) in [6, 6.07) is 0. The molecule has 2 rings (SSSR count). The highest BCUT2D eigenvalue weighted by atomic mass is 79.9. The van der Waals surface area contributed by atoms with Crippen LogP contribution in [0.4, 0.5) is 5.69 Å². The normalized spacial score (nSPS) is 10.3. The Morgan fingerprint density at radius 3 is 2.90 bits per heavy atom. The van der Waals surface area contributed by atoms with E-state index in [9.17, 15) is 4.79 Å². The Labute approximate surface area is 124 Å². The highest BCUT2D eigenvalue weighted by Crippen LogP contribution is 2.19. The van der Waals surface area contributed by atoms with Crippen LogP contribution >= 0.6 is 15.9 Å². The second-order valence-electron chi connectivity index (χ2n) is 4.20. The maximum atomic E-state index is 12.0. The molecule has 20 heavy (non-hydrogen) atoms. The number of terminal acetylenes is 1. The van der Waals surface area contributed by atoms with E-state index >= 15 is 0 Å². The zero-order valence-corrected chi connectivity index (χ0v) is 12.7. The Bertz CT molecular complexity index is 707. The molecule has 0 unspecified atom stereocenters. The van der Waals surface area contributed by atoms with Crippen molar-refractivity contribution in [3.8, 4) is 12.3 Å². The Hall–Kier alpha value is -2.07. The number of halogens is 1. The van der Waals surface area contributed by atoms with Gasteiger partial charge in [-0.15, -0.1) is 6.42 Å². The van der Waals surface area contributed by atoms with Gasteiger partial charge < -0.3 is 9.84 Å². The lowest BCUT2D eigenvalue weighted by atomic mass is 10.2. The minimum atomic E-state index is -0.272. The summed E-state index contributed by atoms with van der Waals surface area (Å²) in [4.78, 5) is 12.0. The van der Waals surface area contributed by atoms with E-state index in [1.807, 2.05) is 13.8 Å². The third kappa shape index (κ3) is 2.75. The summed E-state index contributed by atoms with van der Waals surface area (Å²) >= 11 is 3.26.